The lowest BCUT2D eigenvalue weighted by Gasteiger charge is -2.43. The second-order valence-electron chi connectivity index (χ2n) is 10.7. The summed E-state index contributed by atoms with van der Waals surface area (Å²) in [5.74, 6) is 2.12. The molecule has 1 aromatic carbocycles. The largest absolute Gasteiger partial charge is 0.474 e. The molecule has 0 radical (unpaired) electrons. The molecule has 8 heteroatoms. The Balaban J connectivity index is 1.25. The molecule has 4 heterocycles. The second kappa shape index (κ2) is 12.0. The number of carbonyl (C=O) groups is 1. The smallest absolute Gasteiger partial charge is 0.225 e. The van der Waals surface area contributed by atoms with Gasteiger partial charge in [-0.1, -0.05) is 29.8 Å². The number of nitrogens with zero attached hydrogens (tertiary/aromatic N) is 5. The number of anilines is 1. The third-order valence-corrected chi connectivity index (χ3v) is 8.37. The lowest BCUT2D eigenvalue weighted by molar-refractivity contribution is -0.138. The summed E-state index contributed by atoms with van der Waals surface area (Å²) in [6, 6.07) is 17.7. The number of amides is 1. The van der Waals surface area contributed by atoms with Crippen LogP contribution in [0.25, 0.3) is 0 Å². The SMILES string of the molecule is Cc1ccc(O[C@@H](C)[C@H]2CCN(C(=O)C3CCN(c4ccc(C#N)cn4)CC3)C[C@@H]2c2ccc(Cl)cc2)nc1. The molecule has 2 saturated heterocycles. The van der Waals surface area contributed by atoms with Gasteiger partial charge in [-0.2, -0.15) is 5.26 Å². The van der Waals surface area contributed by atoms with Crippen molar-refractivity contribution in [3.63, 3.8) is 0 Å². The number of aryl methyl sites for hydroxylation is 1. The van der Waals surface area contributed by atoms with Crippen molar-refractivity contribution < 1.29 is 9.53 Å². The van der Waals surface area contributed by atoms with Crippen LogP contribution in [0.1, 0.15) is 48.8 Å². The van der Waals surface area contributed by atoms with E-state index in [0.717, 1.165) is 50.3 Å². The van der Waals surface area contributed by atoms with Crippen LogP contribution in [0.2, 0.25) is 5.02 Å². The molecule has 2 aromatic heterocycles. The average Bonchev–Trinajstić information content (AvgIpc) is 2.98. The van der Waals surface area contributed by atoms with Gasteiger partial charge in [-0.05, 0) is 68.5 Å². The minimum absolute atomic E-state index is 0.00693. The molecule has 0 N–H and O–H groups in total. The number of benzene rings is 1. The first kappa shape index (κ1) is 27.0. The fourth-order valence-corrected chi connectivity index (χ4v) is 5.98. The zero-order valence-electron chi connectivity index (χ0n) is 22.5. The van der Waals surface area contributed by atoms with Gasteiger partial charge in [0.2, 0.25) is 11.8 Å². The van der Waals surface area contributed by atoms with Crippen LogP contribution >= 0.6 is 11.6 Å². The summed E-state index contributed by atoms with van der Waals surface area (Å²) in [6.45, 7) is 7.07. The average molecular weight is 544 g/mol. The minimum Gasteiger partial charge on any atom is -0.474 e. The van der Waals surface area contributed by atoms with Gasteiger partial charge in [-0.25, -0.2) is 9.97 Å². The van der Waals surface area contributed by atoms with E-state index in [1.165, 1.54) is 5.56 Å². The second-order valence-corrected chi connectivity index (χ2v) is 11.1. The first-order valence-corrected chi connectivity index (χ1v) is 14.0. The van der Waals surface area contributed by atoms with Crippen LogP contribution < -0.4 is 9.64 Å². The monoisotopic (exact) mass is 543 g/mol. The van der Waals surface area contributed by atoms with E-state index in [1.807, 2.05) is 43.5 Å². The molecule has 1 amide bonds. The predicted molar refractivity (Wildman–Crippen MR) is 152 cm³/mol. The Kier molecular flexibility index (Phi) is 8.33. The van der Waals surface area contributed by atoms with Crippen molar-refractivity contribution in [3.05, 3.63) is 82.6 Å². The molecule has 3 aromatic rings. The number of hydrogen-bond acceptors (Lipinski definition) is 6. The van der Waals surface area contributed by atoms with Crippen LogP contribution in [0.4, 0.5) is 5.82 Å². The molecule has 0 saturated carbocycles. The van der Waals surface area contributed by atoms with Crippen molar-refractivity contribution in [3.8, 4) is 11.9 Å². The number of halogens is 1. The van der Waals surface area contributed by atoms with E-state index < -0.39 is 0 Å². The molecule has 3 atom stereocenters. The highest BCUT2D eigenvalue weighted by Gasteiger charge is 2.39. The predicted octanol–water partition coefficient (Wildman–Crippen LogP) is 5.63. The lowest BCUT2D eigenvalue weighted by Crippen LogP contribution is -2.49. The maximum absolute atomic E-state index is 13.7. The summed E-state index contributed by atoms with van der Waals surface area (Å²) in [5.41, 5.74) is 2.83. The van der Waals surface area contributed by atoms with Crippen molar-refractivity contribution in [1.29, 1.82) is 5.26 Å². The zero-order chi connectivity index (χ0) is 27.4. The molecule has 0 unspecified atom stereocenters. The Labute approximate surface area is 235 Å². The number of aromatic nitrogens is 2. The third-order valence-electron chi connectivity index (χ3n) is 8.12. The zero-order valence-corrected chi connectivity index (χ0v) is 23.2. The number of hydrogen-bond donors (Lipinski definition) is 0. The highest BCUT2D eigenvalue weighted by molar-refractivity contribution is 6.30. The summed E-state index contributed by atoms with van der Waals surface area (Å²) < 4.78 is 6.29. The number of ether oxygens (including phenoxy) is 1. The van der Waals surface area contributed by atoms with Crippen molar-refractivity contribution >= 4 is 23.3 Å². The summed E-state index contributed by atoms with van der Waals surface area (Å²) in [4.78, 5) is 26.8. The van der Waals surface area contributed by atoms with Crippen LogP contribution in [0.5, 0.6) is 5.88 Å². The van der Waals surface area contributed by atoms with E-state index in [-0.39, 0.29) is 29.8 Å². The molecular weight excluding hydrogens is 510 g/mol. The van der Waals surface area contributed by atoms with Gasteiger partial charge in [-0.15, -0.1) is 0 Å². The van der Waals surface area contributed by atoms with Gasteiger partial charge < -0.3 is 14.5 Å². The van der Waals surface area contributed by atoms with Gasteiger partial charge >= 0.3 is 0 Å². The molecule has 7 nitrogen and oxygen atoms in total. The number of likely N-dealkylation sites (tertiary alicyclic amines) is 1. The van der Waals surface area contributed by atoms with E-state index >= 15 is 0 Å². The van der Waals surface area contributed by atoms with Crippen molar-refractivity contribution in [2.45, 2.75) is 45.1 Å². The van der Waals surface area contributed by atoms with Crippen LogP contribution in [0, 0.1) is 30.1 Å². The lowest BCUT2D eigenvalue weighted by atomic mass is 9.77. The van der Waals surface area contributed by atoms with Gasteiger partial charge in [0, 0.05) is 67.4 Å². The van der Waals surface area contributed by atoms with Gasteiger partial charge in [-0.3, -0.25) is 4.79 Å². The number of rotatable bonds is 6. The van der Waals surface area contributed by atoms with Gasteiger partial charge in [0.1, 0.15) is 18.0 Å². The van der Waals surface area contributed by atoms with Crippen molar-refractivity contribution in [2.75, 3.05) is 31.1 Å². The van der Waals surface area contributed by atoms with E-state index in [2.05, 4.69) is 44.9 Å². The number of nitriles is 1. The van der Waals surface area contributed by atoms with Crippen LogP contribution in [-0.4, -0.2) is 53.1 Å². The highest BCUT2D eigenvalue weighted by atomic mass is 35.5. The van der Waals surface area contributed by atoms with Gasteiger partial charge in [0.25, 0.3) is 0 Å². The van der Waals surface area contributed by atoms with Crippen molar-refractivity contribution in [2.24, 2.45) is 11.8 Å². The topological polar surface area (TPSA) is 82.4 Å². The molecule has 0 bridgehead atoms. The van der Waals surface area contributed by atoms with Crippen LogP contribution in [0.3, 0.4) is 0 Å². The summed E-state index contributed by atoms with van der Waals surface area (Å²) >= 11 is 6.20. The molecule has 2 aliphatic heterocycles. The Morgan fingerprint density at radius 1 is 1.03 bits per heavy atom. The Morgan fingerprint density at radius 2 is 1.79 bits per heavy atom. The normalized spacial score (nSPS) is 20.8. The maximum Gasteiger partial charge on any atom is 0.225 e. The first-order valence-electron chi connectivity index (χ1n) is 13.7. The fraction of sp³-hybridized carbons (Fsp3) is 0.419. The molecule has 2 fully saturated rings. The van der Waals surface area contributed by atoms with E-state index in [0.29, 0.717) is 23.0 Å². The molecule has 0 spiro atoms. The highest BCUT2D eigenvalue weighted by Crippen LogP contribution is 2.37. The molecule has 39 heavy (non-hydrogen) atoms. The van der Waals surface area contributed by atoms with Crippen molar-refractivity contribution in [1.82, 2.24) is 14.9 Å². The van der Waals surface area contributed by atoms with E-state index in [4.69, 9.17) is 21.6 Å². The number of piperidine rings is 2. The standard InChI is InChI=1S/C31H34ClN5O2/c1-21-3-10-30(35-18-21)39-22(2)27-13-16-37(20-28(27)24-5-7-26(32)8-6-24)31(38)25-11-14-36(15-12-25)29-9-4-23(17-33)19-34-29/h3-10,18-19,22,25,27-28H,11-16,20H2,1-2H3/t22-,27+,28+/m0/s1. The van der Waals surface area contributed by atoms with E-state index in [9.17, 15) is 4.79 Å². The first-order chi connectivity index (χ1) is 18.9. The van der Waals surface area contributed by atoms with Gasteiger partial charge in [0.05, 0.1) is 5.56 Å². The Morgan fingerprint density at radius 3 is 2.44 bits per heavy atom. The Bertz CT molecular complexity index is 1300. The molecule has 5 rings (SSSR count). The Hall–Kier alpha value is -3.63. The van der Waals surface area contributed by atoms with Gasteiger partial charge in [0.15, 0.2) is 0 Å². The third kappa shape index (κ3) is 6.34. The molecule has 202 valence electrons. The minimum atomic E-state index is -0.0544. The number of pyridine rings is 2. The van der Waals surface area contributed by atoms with E-state index in [1.54, 1.807) is 12.3 Å². The summed E-state index contributed by atoms with van der Waals surface area (Å²) in [7, 11) is 0. The summed E-state index contributed by atoms with van der Waals surface area (Å²) in [5, 5.41) is 9.73. The maximum atomic E-state index is 13.7. The molecular formula is C31H34ClN5O2. The quantitative estimate of drug-likeness (QED) is 0.401. The molecule has 0 aliphatic carbocycles. The van der Waals surface area contributed by atoms with Crippen LogP contribution in [0.15, 0.2) is 60.9 Å². The number of carbonyl (C=O) groups excluding carboxylic acids is 1. The summed E-state index contributed by atoms with van der Waals surface area (Å²) in [6.07, 6.45) is 5.83. The van der Waals surface area contributed by atoms with Crippen LogP contribution in [-0.2, 0) is 4.79 Å². The fourth-order valence-electron chi connectivity index (χ4n) is 5.85. The molecule has 2 aliphatic rings.